The Balaban J connectivity index is 3.06. The van der Waals surface area contributed by atoms with Gasteiger partial charge < -0.3 is 0 Å². The summed E-state index contributed by atoms with van der Waals surface area (Å²) in [4.78, 5) is 19.2. The van der Waals surface area contributed by atoms with Crippen molar-refractivity contribution in [3.63, 3.8) is 0 Å². The van der Waals surface area contributed by atoms with Crippen molar-refractivity contribution in [3.05, 3.63) is 55.2 Å². The molecular weight excluding hydrogens is 224 g/mol. The van der Waals surface area contributed by atoms with Gasteiger partial charge in [0.2, 0.25) is 0 Å². The number of hydrogen-bond donors (Lipinski definition) is 0. The Labute approximate surface area is 89.1 Å². The smallest absolute Gasteiger partial charge is 0.258 e. The Morgan fingerprint density at radius 2 is 2.00 bits per heavy atom. The highest BCUT2D eigenvalue weighted by atomic mass is 35.5. The van der Waals surface area contributed by atoms with Crippen molar-refractivity contribution in [1.82, 2.24) is 0 Å². The Morgan fingerprint density at radius 1 is 1.33 bits per heavy atom. The molecule has 0 saturated carbocycles. The maximum Gasteiger partial charge on any atom is 0.337 e. The molecule has 0 unspecified atom stereocenters. The van der Waals surface area contributed by atoms with Gasteiger partial charge in [-0.05, 0) is 17.2 Å². The van der Waals surface area contributed by atoms with Gasteiger partial charge in [0.25, 0.3) is 5.69 Å². The third kappa shape index (κ3) is 3.03. The lowest BCUT2D eigenvalue weighted by molar-refractivity contribution is -0.410. The number of rotatable bonds is 3. The van der Waals surface area contributed by atoms with Crippen LogP contribution in [0.5, 0.6) is 0 Å². The van der Waals surface area contributed by atoms with Crippen LogP contribution in [0.15, 0.2) is 29.4 Å². The summed E-state index contributed by atoms with van der Waals surface area (Å²) in [6, 6.07) is 5.40. The van der Waals surface area contributed by atoms with E-state index in [2.05, 4.69) is 0 Å². The number of nitro benzene ring substituents is 1. The highest BCUT2D eigenvalue weighted by Crippen LogP contribution is 2.16. The van der Waals surface area contributed by atoms with Crippen molar-refractivity contribution >= 4 is 23.4 Å². The van der Waals surface area contributed by atoms with Crippen LogP contribution in [-0.2, 0) is 0 Å². The lowest BCUT2D eigenvalue weighted by atomic mass is 10.2. The average Bonchev–Trinajstić information content (AvgIpc) is 2.18. The maximum atomic E-state index is 10.4. The fourth-order valence-corrected chi connectivity index (χ4v) is 1.04. The van der Waals surface area contributed by atoms with E-state index in [1.807, 2.05) is 0 Å². The van der Waals surface area contributed by atoms with E-state index in [0.29, 0.717) is 5.56 Å². The first-order valence-electron chi connectivity index (χ1n) is 3.77. The van der Waals surface area contributed by atoms with E-state index in [1.165, 1.54) is 24.3 Å². The van der Waals surface area contributed by atoms with E-state index in [1.54, 1.807) is 0 Å². The average molecular weight is 229 g/mol. The second-order valence-electron chi connectivity index (χ2n) is 2.58. The first-order chi connectivity index (χ1) is 7.00. The molecule has 78 valence electrons. The Hall–Kier alpha value is -1.95. The molecule has 0 heterocycles. The molecule has 0 amide bonds. The molecule has 6 nitrogen and oxygen atoms in total. The number of halogens is 1. The van der Waals surface area contributed by atoms with Crippen LogP contribution in [-0.4, -0.2) is 9.85 Å². The van der Waals surface area contributed by atoms with Crippen molar-refractivity contribution in [2.75, 3.05) is 0 Å². The summed E-state index contributed by atoms with van der Waals surface area (Å²) in [6.07, 6.45) is 1.05. The van der Waals surface area contributed by atoms with Gasteiger partial charge in [-0.15, -0.1) is 0 Å². The Kier molecular flexibility index (Phi) is 3.35. The number of non-ortho nitro benzene ring substituents is 1. The monoisotopic (exact) mass is 228 g/mol. The molecule has 0 aromatic heterocycles. The minimum atomic E-state index is -0.777. The molecule has 0 atom stereocenters. The predicted octanol–water partition coefficient (Wildman–Crippen LogP) is 2.41. The minimum Gasteiger partial charge on any atom is -0.258 e. The largest absolute Gasteiger partial charge is 0.337 e. The summed E-state index contributed by atoms with van der Waals surface area (Å²) in [5.41, 5.74) is 0.169. The Bertz CT molecular complexity index is 444. The summed E-state index contributed by atoms with van der Waals surface area (Å²) in [5, 5.41) is 20.0. The van der Waals surface area contributed by atoms with Gasteiger partial charge in [0.15, 0.2) is 0 Å². The number of hydrogen-bond acceptors (Lipinski definition) is 4. The minimum absolute atomic E-state index is 0.142. The summed E-state index contributed by atoms with van der Waals surface area (Å²) in [6.45, 7) is 0. The molecule has 0 fully saturated rings. The van der Waals surface area contributed by atoms with Gasteiger partial charge in [0.1, 0.15) is 0 Å². The quantitative estimate of drug-likeness (QED) is 0.452. The number of nitro groups is 2. The van der Waals surface area contributed by atoms with Crippen LogP contribution in [0.4, 0.5) is 5.69 Å². The lowest BCUT2D eigenvalue weighted by Gasteiger charge is -1.93. The van der Waals surface area contributed by atoms with Crippen molar-refractivity contribution < 1.29 is 9.85 Å². The van der Waals surface area contributed by atoms with Crippen LogP contribution >= 0.6 is 11.6 Å². The molecule has 0 spiro atoms. The van der Waals surface area contributed by atoms with Gasteiger partial charge in [-0.1, -0.05) is 12.1 Å². The second kappa shape index (κ2) is 4.52. The standard InChI is InChI=1S/C8H5ClN2O4/c9-8(11(14)15)5-6-2-1-3-7(4-6)10(12)13/h1-5H/b8-5+. The zero-order valence-corrected chi connectivity index (χ0v) is 8.05. The first kappa shape index (κ1) is 11.1. The van der Waals surface area contributed by atoms with Crippen molar-refractivity contribution in [3.8, 4) is 0 Å². The highest BCUT2D eigenvalue weighted by Gasteiger charge is 2.08. The molecular formula is C8H5ClN2O4. The Morgan fingerprint density at radius 3 is 2.53 bits per heavy atom. The zero-order chi connectivity index (χ0) is 11.4. The van der Waals surface area contributed by atoms with E-state index in [-0.39, 0.29) is 5.69 Å². The highest BCUT2D eigenvalue weighted by molar-refractivity contribution is 6.29. The van der Waals surface area contributed by atoms with Crippen molar-refractivity contribution in [2.24, 2.45) is 0 Å². The van der Waals surface area contributed by atoms with Crippen LogP contribution in [0.2, 0.25) is 0 Å². The van der Waals surface area contributed by atoms with Crippen LogP contribution in [0, 0.1) is 20.2 Å². The van der Waals surface area contributed by atoms with Gasteiger partial charge in [0, 0.05) is 18.2 Å². The predicted molar refractivity (Wildman–Crippen MR) is 53.9 cm³/mol. The van der Waals surface area contributed by atoms with Gasteiger partial charge in [0.05, 0.1) is 9.85 Å². The third-order valence-electron chi connectivity index (χ3n) is 1.54. The van der Waals surface area contributed by atoms with E-state index < -0.39 is 15.0 Å². The third-order valence-corrected chi connectivity index (χ3v) is 1.79. The fraction of sp³-hybridized carbons (Fsp3) is 0. The molecule has 0 aliphatic rings. The van der Waals surface area contributed by atoms with Crippen LogP contribution in [0.25, 0.3) is 6.08 Å². The SMILES string of the molecule is O=[N+]([O-])/C(Cl)=C/c1cccc([N+](=O)[O-])c1. The molecule has 0 N–H and O–H groups in total. The fourth-order valence-electron chi connectivity index (χ4n) is 0.918. The summed E-state index contributed by atoms with van der Waals surface area (Å²) in [5.74, 6) is 0. The van der Waals surface area contributed by atoms with Crippen LogP contribution in [0.3, 0.4) is 0 Å². The van der Waals surface area contributed by atoms with E-state index >= 15 is 0 Å². The molecule has 0 aliphatic carbocycles. The summed E-state index contributed by atoms with van der Waals surface area (Å²) < 4.78 is 0. The van der Waals surface area contributed by atoms with Crippen molar-refractivity contribution in [1.29, 1.82) is 0 Å². The van der Waals surface area contributed by atoms with Crippen molar-refractivity contribution in [2.45, 2.75) is 0 Å². The number of nitrogens with zero attached hydrogens (tertiary/aromatic N) is 2. The molecule has 7 heteroatoms. The van der Waals surface area contributed by atoms with Crippen LogP contribution < -0.4 is 0 Å². The van der Waals surface area contributed by atoms with E-state index in [9.17, 15) is 20.2 Å². The second-order valence-corrected chi connectivity index (χ2v) is 2.96. The van der Waals surface area contributed by atoms with Gasteiger partial charge in [-0.2, -0.15) is 0 Å². The van der Waals surface area contributed by atoms with Gasteiger partial charge in [-0.25, -0.2) is 0 Å². The number of benzene rings is 1. The van der Waals surface area contributed by atoms with Gasteiger partial charge in [-0.3, -0.25) is 20.2 Å². The molecule has 1 rings (SSSR count). The van der Waals surface area contributed by atoms with E-state index in [4.69, 9.17) is 11.6 Å². The molecule has 0 bridgehead atoms. The topological polar surface area (TPSA) is 86.3 Å². The molecule has 0 saturated heterocycles. The van der Waals surface area contributed by atoms with E-state index in [0.717, 1.165) is 6.08 Å². The molecule has 0 aliphatic heterocycles. The van der Waals surface area contributed by atoms with Crippen LogP contribution in [0.1, 0.15) is 5.56 Å². The lowest BCUT2D eigenvalue weighted by Crippen LogP contribution is -1.91. The normalized spacial score (nSPS) is 11.1. The molecule has 1 aromatic rings. The summed E-state index contributed by atoms with van der Waals surface area (Å²) >= 11 is 5.27. The molecule has 1 aromatic carbocycles. The van der Waals surface area contributed by atoms with Gasteiger partial charge >= 0.3 is 5.16 Å². The zero-order valence-electron chi connectivity index (χ0n) is 7.29. The molecule has 0 radical (unpaired) electrons. The summed E-state index contributed by atoms with van der Waals surface area (Å²) in [7, 11) is 0. The molecule has 15 heavy (non-hydrogen) atoms. The maximum absolute atomic E-state index is 10.4. The first-order valence-corrected chi connectivity index (χ1v) is 4.14.